The highest BCUT2D eigenvalue weighted by Gasteiger charge is 2.46. The number of nitrogens with zero attached hydrogens (tertiary/aromatic N) is 3. The average molecular weight is 530 g/mol. The molecule has 0 spiro atoms. The third-order valence-electron chi connectivity index (χ3n) is 5.37. The number of hydrogen-bond donors (Lipinski definition) is 0. The maximum atomic E-state index is 12.7. The number of Topliss-reactive ketones (excluding diaryl/α,β-unsaturated/α-hetero) is 1. The van der Waals surface area contributed by atoms with Crippen molar-refractivity contribution in [2.75, 3.05) is 6.61 Å². The van der Waals surface area contributed by atoms with Gasteiger partial charge in [-0.3, -0.25) is 4.79 Å². The topological polar surface area (TPSA) is 57.2 Å². The van der Waals surface area contributed by atoms with Crippen LogP contribution in [0.25, 0.3) is 0 Å². The molecule has 0 aliphatic carbocycles. The Bertz CT molecular complexity index is 1170. The van der Waals surface area contributed by atoms with Gasteiger partial charge >= 0.3 is 0 Å². The van der Waals surface area contributed by atoms with E-state index in [0.717, 1.165) is 12.8 Å². The molecule has 0 bridgehead atoms. The van der Waals surface area contributed by atoms with Gasteiger partial charge in [0, 0.05) is 26.3 Å². The lowest BCUT2D eigenvalue weighted by atomic mass is 10.1. The molecule has 1 aliphatic heterocycles. The molecular weight excluding hydrogens is 508 g/mol. The molecule has 4 rings (SSSR count). The van der Waals surface area contributed by atoms with Crippen LogP contribution < -0.4 is 4.57 Å². The van der Waals surface area contributed by atoms with E-state index in [2.05, 4.69) is 12.0 Å². The minimum absolute atomic E-state index is 0.0574. The first-order valence-corrected chi connectivity index (χ1v) is 12.0. The molecule has 1 fully saturated rings. The summed E-state index contributed by atoms with van der Waals surface area (Å²) in [6, 6.07) is 10.0. The van der Waals surface area contributed by atoms with Crippen LogP contribution in [-0.2, 0) is 28.4 Å². The summed E-state index contributed by atoms with van der Waals surface area (Å²) < 4.78 is 15.9. The van der Waals surface area contributed by atoms with E-state index >= 15 is 0 Å². The summed E-state index contributed by atoms with van der Waals surface area (Å²) in [5.74, 6) is -1.28. The van der Waals surface area contributed by atoms with Crippen molar-refractivity contribution in [2.45, 2.75) is 44.7 Å². The Balaban J connectivity index is 1.56. The fourth-order valence-corrected chi connectivity index (χ4v) is 4.91. The van der Waals surface area contributed by atoms with Crippen molar-refractivity contribution in [1.29, 1.82) is 0 Å². The SMILES string of the molecule is CCC[C@@H]1CO[C@](Cn2c[n+](CC(=O)c3ccc(Cl)cc3Cl)cn2)(c2ccc(Cl)cc2Cl)O1. The Morgan fingerprint density at radius 3 is 2.58 bits per heavy atom. The lowest BCUT2D eigenvalue weighted by Gasteiger charge is -2.27. The summed E-state index contributed by atoms with van der Waals surface area (Å²) in [6.07, 6.45) is 5.06. The Labute approximate surface area is 211 Å². The van der Waals surface area contributed by atoms with Crippen LogP contribution >= 0.6 is 46.4 Å². The number of halogens is 4. The van der Waals surface area contributed by atoms with Crippen molar-refractivity contribution in [2.24, 2.45) is 0 Å². The lowest BCUT2D eigenvalue weighted by molar-refractivity contribution is -0.684. The second-order valence-corrected chi connectivity index (χ2v) is 9.57. The third kappa shape index (κ3) is 5.53. The number of carbonyl (C=O) groups excluding carboxylic acids is 1. The number of ether oxygens (including phenoxy) is 2. The van der Waals surface area contributed by atoms with Gasteiger partial charge in [-0.05, 0) is 36.8 Å². The zero-order valence-corrected chi connectivity index (χ0v) is 20.8. The molecular formula is C23H22Cl4N3O3+. The predicted octanol–water partition coefficient (Wildman–Crippen LogP) is 5.74. The van der Waals surface area contributed by atoms with Crippen molar-refractivity contribution in [3.63, 3.8) is 0 Å². The first-order chi connectivity index (χ1) is 15.8. The van der Waals surface area contributed by atoms with Gasteiger partial charge < -0.3 is 9.47 Å². The smallest absolute Gasteiger partial charge is 0.265 e. The summed E-state index contributed by atoms with van der Waals surface area (Å²) >= 11 is 24.7. The summed E-state index contributed by atoms with van der Waals surface area (Å²) in [7, 11) is 0. The van der Waals surface area contributed by atoms with Gasteiger partial charge in [-0.15, -0.1) is 4.68 Å². The normalized spacial score (nSPS) is 20.3. The summed E-state index contributed by atoms with van der Waals surface area (Å²) in [4.78, 5) is 12.7. The van der Waals surface area contributed by atoms with Crippen molar-refractivity contribution in [1.82, 2.24) is 9.78 Å². The van der Waals surface area contributed by atoms with Gasteiger partial charge in [0.25, 0.3) is 6.33 Å². The molecule has 0 unspecified atom stereocenters. The third-order valence-corrected chi connectivity index (χ3v) is 6.46. The molecule has 1 aliphatic rings. The first kappa shape index (κ1) is 24.5. The number of hydrogen-bond acceptors (Lipinski definition) is 4. The molecule has 0 N–H and O–H groups in total. The van der Waals surface area contributed by atoms with E-state index in [4.69, 9.17) is 55.9 Å². The Morgan fingerprint density at radius 1 is 1.15 bits per heavy atom. The minimum atomic E-state index is -1.12. The monoisotopic (exact) mass is 528 g/mol. The zero-order chi connectivity index (χ0) is 23.6. The molecule has 0 amide bonds. The molecule has 2 aromatic carbocycles. The van der Waals surface area contributed by atoms with Crippen molar-refractivity contribution in [3.8, 4) is 0 Å². The highest BCUT2D eigenvalue weighted by molar-refractivity contribution is 6.37. The van der Waals surface area contributed by atoms with Crippen LogP contribution in [0, 0.1) is 0 Å². The molecule has 10 heteroatoms. The molecule has 0 saturated carbocycles. The summed E-state index contributed by atoms with van der Waals surface area (Å²) in [6.45, 7) is 2.86. The molecule has 174 valence electrons. The van der Waals surface area contributed by atoms with E-state index in [0.29, 0.717) is 37.8 Å². The molecule has 1 aromatic heterocycles. The Hall–Kier alpha value is -1.67. The number of rotatable bonds is 8. The molecule has 33 heavy (non-hydrogen) atoms. The Morgan fingerprint density at radius 2 is 1.88 bits per heavy atom. The van der Waals surface area contributed by atoms with E-state index in [9.17, 15) is 4.79 Å². The van der Waals surface area contributed by atoms with Crippen LogP contribution in [0.5, 0.6) is 0 Å². The quantitative estimate of drug-likeness (QED) is 0.276. The maximum absolute atomic E-state index is 12.7. The van der Waals surface area contributed by atoms with E-state index in [-0.39, 0.29) is 25.0 Å². The van der Waals surface area contributed by atoms with Crippen molar-refractivity contribution < 1.29 is 18.8 Å². The van der Waals surface area contributed by atoms with Crippen molar-refractivity contribution in [3.05, 3.63) is 80.3 Å². The van der Waals surface area contributed by atoms with E-state index in [1.807, 2.05) is 6.07 Å². The van der Waals surface area contributed by atoms with E-state index < -0.39 is 5.79 Å². The largest absolute Gasteiger partial charge is 0.341 e. The standard InChI is InChI=1S/C23H22Cl4N3O3/c1-2-3-17-11-32-23(33-17,19-7-5-16(25)9-21(19)27)12-30-14-29(13-28-30)10-22(31)18-6-4-15(24)8-20(18)26/h4-9,13-14,17H,2-3,10-12H2,1H3/q+1/t17-,23+/m1/s1. The predicted molar refractivity (Wildman–Crippen MR) is 127 cm³/mol. The zero-order valence-electron chi connectivity index (χ0n) is 17.8. The molecule has 2 heterocycles. The second kappa shape index (κ2) is 10.3. The molecule has 1 saturated heterocycles. The van der Waals surface area contributed by atoms with E-state index in [1.165, 1.54) is 0 Å². The molecule has 3 aromatic rings. The van der Waals surface area contributed by atoms with Crippen LogP contribution in [0.4, 0.5) is 0 Å². The highest BCUT2D eigenvalue weighted by atomic mass is 35.5. The van der Waals surface area contributed by atoms with Gasteiger partial charge in [0.1, 0.15) is 6.54 Å². The second-order valence-electron chi connectivity index (χ2n) is 7.88. The highest BCUT2D eigenvalue weighted by Crippen LogP contribution is 2.41. The summed E-state index contributed by atoms with van der Waals surface area (Å²) in [5, 5.41) is 6.16. The van der Waals surface area contributed by atoms with Crippen LogP contribution in [-0.4, -0.2) is 28.3 Å². The number of ketones is 1. The average Bonchev–Trinajstić information content (AvgIpc) is 3.35. The number of benzene rings is 2. The fourth-order valence-electron chi connectivity index (χ4n) is 3.84. The maximum Gasteiger partial charge on any atom is 0.265 e. The molecule has 6 nitrogen and oxygen atoms in total. The Kier molecular flexibility index (Phi) is 7.63. The summed E-state index contributed by atoms with van der Waals surface area (Å²) in [5.41, 5.74) is 1.08. The van der Waals surface area contributed by atoms with Gasteiger partial charge in [0.05, 0.1) is 22.8 Å². The first-order valence-electron chi connectivity index (χ1n) is 10.5. The molecule has 0 radical (unpaired) electrons. The lowest BCUT2D eigenvalue weighted by Crippen LogP contribution is -2.37. The van der Waals surface area contributed by atoms with Crippen LogP contribution in [0.1, 0.15) is 35.7 Å². The van der Waals surface area contributed by atoms with Crippen molar-refractivity contribution >= 4 is 52.2 Å². The van der Waals surface area contributed by atoms with Gasteiger partial charge in [0.15, 0.2) is 12.3 Å². The number of carbonyl (C=O) groups is 1. The van der Waals surface area contributed by atoms with Gasteiger partial charge in [-0.2, -0.15) is 0 Å². The van der Waals surface area contributed by atoms with Crippen LogP contribution in [0.15, 0.2) is 49.1 Å². The fraction of sp³-hybridized carbons (Fsp3) is 0.348. The molecule has 2 atom stereocenters. The minimum Gasteiger partial charge on any atom is -0.341 e. The van der Waals surface area contributed by atoms with Gasteiger partial charge in [0.2, 0.25) is 12.1 Å². The number of aromatic nitrogens is 3. The van der Waals surface area contributed by atoms with Gasteiger partial charge in [-0.1, -0.05) is 65.8 Å². The van der Waals surface area contributed by atoms with Crippen LogP contribution in [0.2, 0.25) is 20.1 Å². The van der Waals surface area contributed by atoms with Gasteiger partial charge in [-0.25, -0.2) is 4.57 Å². The van der Waals surface area contributed by atoms with Crippen LogP contribution in [0.3, 0.4) is 0 Å². The van der Waals surface area contributed by atoms with E-state index in [1.54, 1.807) is 52.2 Å².